The summed E-state index contributed by atoms with van der Waals surface area (Å²) in [6.07, 6.45) is 1.82. The molecule has 0 radical (unpaired) electrons. The monoisotopic (exact) mass is 575 g/mol. The largest absolute Gasteiger partial charge is 0.497 e. The summed E-state index contributed by atoms with van der Waals surface area (Å²) < 4.78 is 41.1. The van der Waals surface area contributed by atoms with E-state index in [1.54, 1.807) is 12.1 Å². The molecule has 1 heterocycles. The topological polar surface area (TPSA) is 64.1 Å². The van der Waals surface area contributed by atoms with Gasteiger partial charge in [0.15, 0.2) is 5.96 Å². The van der Waals surface area contributed by atoms with Crippen LogP contribution in [0.15, 0.2) is 53.5 Å². The summed E-state index contributed by atoms with van der Waals surface area (Å²) in [4.78, 5) is 4.62. The molecule has 0 aliphatic carbocycles. The molecule has 3 rings (SSSR count). The number of nitrogens with zero attached hydrogens (tertiary/aromatic N) is 1. The molecule has 0 atom stereocenters. The number of rotatable bonds is 9. The zero-order valence-corrected chi connectivity index (χ0v) is 21.3. The smallest absolute Gasteiger partial charge is 0.387 e. The molecule has 182 valence electrons. The molecule has 1 fully saturated rings. The highest BCUT2D eigenvalue weighted by Crippen LogP contribution is 2.34. The van der Waals surface area contributed by atoms with Crippen molar-refractivity contribution in [2.24, 2.45) is 4.99 Å². The van der Waals surface area contributed by atoms with Gasteiger partial charge in [-0.2, -0.15) is 8.78 Å². The van der Waals surface area contributed by atoms with Crippen LogP contribution in [-0.4, -0.2) is 46.0 Å². The molecule has 2 aromatic carbocycles. The molecule has 0 saturated carbocycles. The Labute approximate surface area is 211 Å². The number of methoxy groups -OCH3 is 1. The minimum atomic E-state index is -2.91. The van der Waals surface area contributed by atoms with E-state index in [2.05, 4.69) is 44.6 Å². The lowest BCUT2D eigenvalue weighted by Gasteiger charge is -2.38. The molecule has 6 nitrogen and oxygen atoms in total. The van der Waals surface area contributed by atoms with Gasteiger partial charge >= 0.3 is 6.61 Å². The Bertz CT molecular complexity index is 879. The van der Waals surface area contributed by atoms with E-state index in [1.165, 1.54) is 18.7 Å². The Morgan fingerprint density at radius 3 is 2.48 bits per heavy atom. The van der Waals surface area contributed by atoms with Crippen LogP contribution in [0.3, 0.4) is 0 Å². The van der Waals surface area contributed by atoms with Crippen LogP contribution in [0.25, 0.3) is 0 Å². The Kier molecular flexibility index (Phi) is 11.1. The first-order valence-electron chi connectivity index (χ1n) is 10.8. The molecule has 1 aliphatic heterocycles. The van der Waals surface area contributed by atoms with Gasteiger partial charge in [0, 0.05) is 37.3 Å². The molecule has 0 bridgehead atoms. The van der Waals surface area contributed by atoms with E-state index >= 15 is 0 Å². The molecule has 2 N–H and O–H groups in total. The summed E-state index contributed by atoms with van der Waals surface area (Å²) in [7, 11) is 1.53. The number of alkyl halides is 2. The Morgan fingerprint density at radius 2 is 1.85 bits per heavy atom. The quantitative estimate of drug-likeness (QED) is 0.258. The van der Waals surface area contributed by atoms with Crippen LogP contribution >= 0.6 is 24.0 Å². The van der Waals surface area contributed by atoms with Gasteiger partial charge in [0.25, 0.3) is 0 Å². The normalized spacial score (nSPS) is 15.5. The van der Waals surface area contributed by atoms with Gasteiger partial charge in [0.05, 0.1) is 13.7 Å². The Balaban J connectivity index is 0.00000385. The van der Waals surface area contributed by atoms with Crippen molar-refractivity contribution < 1.29 is 23.0 Å². The molecule has 1 aliphatic rings. The van der Waals surface area contributed by atoms with E-state index < -0.39 is 6.61 Å². The molecular formula is C24H32F2IN3O3. The molecule has 9 heteroatoms. The number of hydrogen-bond acceptors (Lipinski definition) is 4. The van der Waals surface area contributed by atoms with Crippen molar-refractivity contribution in [1.29, 1.82) is 0 Å². The highest BCUT2D eigenvalue weighted by Gasteiger charge is 2.34. The Morgan fingerprint density at radius 1 is 1.12 bits per heavy atom. The van der Waals surface area contributed by atoms with Crippen molar-refractivity contribution in [2.45, 2.75) is 38.3 Å². The number of guanidine groups is 1. The third-order valence-corrected chi connectivity index (χ3v) is 5.67. The van der Waals surface area contributed by atoms with Crippen molar-refractivity contribution in [3.05, 3.63) is 59.7 Å². The number of hydrogen-bond donors (Lipinski definition) is 2. The minimum Gasteiger partial charge on any atom is -0.497 e. The maximum atomic E-state index is 12.8. The fourth-order valence-corrected chi connectivity index (χ4v) is 3.90. The number of aliphatic imine (C=N–C) groups is 1. The van der Waals surface area contributed by atoms with Crippen molar-refractivity contribution in [3.8, 4) is 11.5 Å². The van der Waals surface area contributed by atoms with Gasteiger partial charge in [0.2, 0.25) is 0 Å². The molecule has 0 spiro atoms. The minimum absolute atomic E-state index is 0. The molecule has 1 saturated heterocycles. The van der Waals surface area contributed by atoms with Crippen molar-refractivity contribution >= 4 is 29.9 Å². The summed E-state index contributed by atoms with van der Waals surface area (Å²) in [6, 6.07) is 15.2. The second kappa shape index (κ2) is 13.5. The van der Waals surface area contributed by atoms with Crippen LogP contribution in [0, 0.1) is 0 Å². The first-order valence-corrected chi connectivity index (χ1v) is 10.8. The predicted molar refractivity (Wildman–Crippen MR) is 136 cm³/mol. The van der Waals surface area contributed by atoms with E-state index in [1.807, 2.05) is 13.0 Å². The summed E-state index contributed by atoms with van der Waals surface area (Å²) in [5.74, 6) is 1.26. The standard InChI is InChI=1S/C24H31F2N3O3.HI/c1-3-27-23(28-16-18-15-20(30-2)9-10-21(18)32-22(25)26)29-17-24(11-13-31-14-12-24)19-7-5-4-6-8-19;/h4-10,15,22H,3,11-14,16-17H2,1-2H3,(H2,27,28,29);1H. The van der Waals surface area contributed by atoms with E-state index in [-0.39, 0.29) is 41.7 Å². The second-order valence-electron chi connectivity index (χ2n) is 7.66. The Hall–Kier alpha value is -2.14. The fourth-order valence-electron chi connectivity index (χ4n) is 3.90. The first-order chi connectivity index (χ1) is 15.6. The number of benzene rings is 2. The zero-order valence-electron chi connectivity index (χ0n) is 19.0. The SMILES string of the molecule is CCNC(=NCc1cc(OC)ccc1OC(F)F)NCC1(c2ccccc2)CCOCC1.I. The average Bonchev–Trinajstić information content (AvgIpc) is 2.82. The lowest BCUT2D eigenvalue weighted by molar-refractivity contribution is -0.0504. The summed E-state index contributed by atoms with van der Waals surface area (Å²) in [6.45, 7) is 2.02. The van der Waals surface area contributed by atoms with Gasteiger partial charge in [-0.15, -0.1) is 24.0 Å². The van der Waals surface area contributed by atoms with E-state index in [0.717, 1.165) is 12.8 Å². The lowest BCUT2D eigenvalue weighted by atomic mass is 9.74. The summed E-state index contributed by atoms with van der Waals surface area (Å²) >= 11 is 0. The molecular weight excluding hydrogens is 543 g/mol. The molecule has 33 heavy (non-hydrogen) atoms. The fraction of sp³-hybridized carbons (Fsp3) is 0.458. The van der Waals surface area contributed by atoms with Gasteiger partial charge in [-0.25, -0.2) is 4.99 Å². The zero-order chi connectivity index (χ0) is 22.8. The predicted octanol–water partition coefficient (Wildman–Crippen LogP) is 4.72. The van der Waals surface area contributed by atoms with Crippen LogP contribution in [0.2, 0.25) is 0 Å². The lowest BCUT2D eigenvalue weighted by Crippen LogP contribution is -2.48. The van der Waals surface area contributed by atoms with E-state index in [9.17, 15) is 8.78 Å². The molecule has 2 aromatic rings. The highest BCUT2D eigenvalue weighted by atomic mass is 127. The third-order valence-electron chi connectivity index (χ3n) is 5.67. The summed E-state index contributed by atoms with van der Waals surface area (Å²) in [5, 5.41) is 6.69. The second-order valence-corrected chi connectivity index (χ2v) is 7.66. The molecule has 0 amide bonds. The van der Waals surface area contributed by atoms with Crippen molar-refractivity contribution in [2.75, 3.05) is 33.4 Å². The van der Waals surface area contributed by atoms with Crippen LogP contribution in [0.5, 0.6) is 11.5 Å². The molecule has 0 aromatic heterocycles. The number of nitrogens with one attached hydrogen (secondary N) is 2. The first kappa shape index (κ1) is 27.1. The number of ether oxygens (including phenoxy) is 3. The van der Waals surface area contributed by atoms with Crippen LogP contribution in [0.1, 0.15) is 30.9 Å². The van der Waals surface area contributed by atoms with Gasteiger partial charge in [-0.1, -0.05) is 30.3 Å². The van der Waals surface area contributed by atoms with Gasteiger partial charge in [0.1, 0.15) is 11.5 Å². The van der Waals surface area contributed by atoms with Gasteiger partial charge < -0.3 is 24.8 Å². The maximum absolute atomic E-state index is 12.8. The summed E-state index contributed by atoms with van der Waals surface area (Å²) in [5.41, 5.74) is 1.73. The van der Waals surface area contributed by atoms with Crippen LogP contribution < -0.4 is 20.1 Å². The third kappa shape index (κ3) is 7.70. The van der Waals surface area contributed by atoms with E-state index in [4.69, 9.17) is 9.47 Å². The van der Waals surface area contributed by atoms with Crippen LogP contribution in [-0.2, 0) is 16.7 Å². The van der Waals surface area contributed by atoms with Crippen LogP contribution in [0.4, 0.5) is 8.78 Å². The van der Waals surface area contributed by atoms with Crippen molar-refractivity contribution in [3.63, 3.8) is 0 Å². The number of halogens is 3. The van der Waals surface area contributed by atoms with Crippen molar-refractivity contribution in [1.82, 2.24) is 10.6 Å². The molecule has 0 unspecified atom stereocenters. The van der Waals surface area contributed by atoms with Gasteiger partial charge in [-0.3, -0.25) is 0 Å². The maximum Gasteiger partial charge on any atom is 0.387 e. The average molecular weight is 575 g/mol. The van der Waals surface area contributed by atoms with E-state index in [0.29, 0.717) is 43.6 Å². The highest BCUT2D eigenvalue weighted by molar-refractivity contribution is 14.0. The van der Waals surface area contributed by atoms with Gasteiger partial charge in [-0.05, 0) is 43.5 Å².